The average molecular weight is 457 g/mol. The third-order valence-electron chi connectivity index (χ3n) is 4.54. The zero-order chi connectivity index (χ0) is 20.8. The first-order chi connectivity index (χ1) is 14.0. The van der Waals surface area contributed by atoms with Crippen molar-refractivity contribution >= 4 is 51.5 Å². The Balaban J connectivity index is 1.54. The molecule has 10 heteroatoms. The largest absolute Gasteiger partial charge is 0.380 e. The number of benzene rings is 1. The molecule has 3 rings (SSSR count). The molecule has 0 radical (unpaired) electrons. The Bertz CT molecular complexity index is 869. The van der Waals surface area contributed by atoms with Crippen LogP contribution in [0.15, 0.2) is 23.6 Å². The molecule has 1 fully saturated rings. The lowest BCUT2D eigenvalue weighted by atomic mass is 10.2. The number of ether oxygens (including phenoxy) is 1. The number of carbonyl (C=O) groups is 2. The van der Waals surface area contributed by atoms with Crippen molar-refractivity contribution in [2.75, 3.05) is 51.3 Å². The van der Waals surface area contributed by atoms with Crippen LogP contribution in [0.5, 0.6) is 0 Å². The molecule has 2 aromatic rings. The van der Waals surface area contributed by atoms with Crippen molar-refractivity contribution in [1.29, 1.82) is 0 Å². The second kappa shape index (κ2) is 10.4. The van der Waals surface area contributed by atoms with Crippen molar-refractivity contribution in [3.8, 4) is 0 Å². The van der Waals surface area contributed by atoms with E-state index in [2.05, 4.69) is 15.2 Å². The summed E-state index contributed by atoms with van der Waals surface area (Å²) in [5, 5.41) is 5.39. The number of thiazole rings is 1. The summed E-state index contributed by atoms with van der Waals surface area (Å²) >= 11 is 13.1. The van der Waals surface area contributed by atoms with Gasteiger partial charge in [0.05, 0.1) is 17.2 Å². The number of hydrogen-bond acceptors (Lipinski definition) is 6. The maximum atomic E-state index is 12.7. The summed E-state index contributed by atoms with van der Waals surface area (Å²) < 4.78 is 5.38. The molecule has 7 nitrogen and oxygen atoms in total. The predicted molar refractivity (Wildman–Crippen MR) is 115 cm³/mol. The summed E-state index contributed by atoms with van der Waals surface area (Å²) in [6.45, 7) is 7.17. The zero-order valence-electron chi connectivity index (χ0n) is 16.0. The van der Waals surface area contributed by atoms with E-state index in [1.54, 1.807) is 22.4 Å². The summed E-state index contributed by atoms with van der Waals surface area (Å²) in [5.41, 5.74) is 0.623. The Morgan fingerprint density at radius 3 is 2.69 bits per heavy atom. The zero-order valence-corrected chi connectivity index (χ0v) is 18.3. The van der Waals surface area contributed by atoms with Crippen LogP contribution >= 0.6 is 34.5 Å². The molecule has 1 aromatic carbocycles. The minimum atomic E-state index is -0.400. The predicted octanol–water partition coefficient (Wildman–Crippen LogP) is 3.50. The Kier molecular flexibility index (Phi) is 7.85. The molecular formula is C19H22Cl2N4O3S. The van der Waals surface area contributed by atoms with Gasteiger partial charge >= 0.3 is 0 Å². The van der Waals surface area contributed by atoms with Gasteiger partial charge in [-0.3, -0.25) is 19.8 Å². The number of nitrogens with one attached hydrogen (secondary N) is 1. The van der Waals surface area contributed by atoms with Gasteiger partial charge in [0, 0.05) is 49.7 Å². The van der Waals surface area contributed by atoms with Crippen LogP contribution in [-0.2, 0) is 4.74 Å². The molecule has 0 unspecified atom stereocenters. The van der Waals surface area contributed by atoms with E-state index in [4.69, 9.17) is 27.9 Å². The van der Waals surface area contributed by atoms with E-state index >= 15 is 0 Å². The maximum Gasteiger partial charge on any atom is 0.273 e. The lowest BCUT2D eigenvalue weighted by molar-refractivity contribution is 0.0560. The molecule has 0 bridgehead atoms. The van der Waals surface area contributed by atoms with Gasteiger partial charge in [-0.05, 0) is 25.1 Å². The molecule has 0 aliphatic carbocycles. The van der Waals surface area contributed by atoms with Crippen molar-refractivity contribution < 1.29 is 14.3 Å². The number of halogens is 2. The molecule has 2 heterocycles. The van der Waals surface area contributed by atoms with Gasteiger partial charge in [-0.15, -0.1) is 11.3 Å². The number of aromatic nitrogens is 1. The van der Waals surface area contributed by atoms with Crippen LogP contribution in [0.1, 0.15) is 27.8 Å². The first-order valence-corrected chi connectivity index (χ1v) is 10.9. The van der Waals surface area contributed by atoms with E-state index in [0.29, 0.717) is 47.7 Å². The summed E-state index contributed by atoms with van der Waals surface area (Å²) in [4.78, 5) is 33.4. The van der Waals surface area contributed by atoms with Crippen molar-refractivity contribution in [2.24, 2.45) is 0 Å². The SMILES string of the molecule is CCOCCN1CCN(C(=O)c2csc(NC(=O)c3ccc(Cl)cc3Cl)n2)CC1. The molecular weight excluding hydrogens is 435 g/mol. The van der Waals surface area contributed by atoms with Crippen molar-refractivity contribution in [3.63, 3.8) is 0 Å². The number of hydrogen-bond donors (Lipinski definition) is 1. The fraction of sp³-hybridized carbons (Fsp3) is 0.421. The van der Waals surface area contributed by atoms with Crippen LogP contribution in [0.25, 0.3) is 0 Å². The van der Waals surface area contributed by atoms with Gasteiger partial charge in [0.15, 0.2) is 5.13 Å². The highest BCUT2D eigenvalue weighted by atomic mass is 35.5. The molecule has 0 saturated carbocycles. The first kappa shape index (κ1) is 22.0. The molecule has 29 heavy (non-hydrogen) atoms. The summed E-state index contributed by atoms with van der Waals surface area (Å²) in [5.74, 6) is -0.529. The van der Waals surface area contributed by atoms with E-state index < -0.39 is 5.91 Å². The molecule has 1 aliphatic rings. The second-order valence-electron chi connectivity index (χ2n) is 6.45. The van der Waals surface area contributed by atoms with Crippen molar-refractivity contribution in [3.05, 3.63) is 44.9 Å². The molecule has 0 atom stereocenters. The molecule has 0 spiro atoms. The molecule has 1 saturated heterocycles. The van der Waals surface area contributed by atoms with E-state index in [9.17, 15) is 9.59 Å². The minimum Gasteiger partial charge on any atom is -0.380 e. The van der Waals surface area contributed by atoms with Crippen LogP contribution < -0.4 is 5.32 Å². The Morgan fingerprint density at radius 1 is 1.24 bits per heavy atom. The fourth-order valence-corrected chi connectivity index (χ4v) is 4.12. The van der Waals surface area contributed by atoms with Gasteiger partial charge in [-0.1, -0.05) is 23.2 Å². The van der Waals surface area contributed by atoms with Crippen LogP contribution in [-0.4, -0.2) is 72.5 Å². The minimum absolute atomic E-state index is 0.129. The van der Waals surface area contributed by atoms with E-state index in [1.165, 1.54) is 17.4 Å². The first-order valence-electron chi connectivity index (χ1n) is 9.29. The number of nitrogens with zero attached hydrogens (tertiary/aromatic N) is 3. The topological polar surface area (TPSA) is 74.8 Å². The third kappa shape index (κ3) is 5.90. The highest BCUT2D eigenvalue weighted by Crippen LogP contribution is 2.23. The Labute approximate surface area is 183 Å². The van der Waals surface area contributed by atoms with Gasteiger partial charge in [0.1, 0.15) is 5.69 Å². The summed E-state index contributed by atoms with van der Waals surface area (Å²) in [7, 11) is 0. The molecule has 1 aliphatic heterocycles. The number of anilines is 1. The lowest BCUT2D eigenvalue weighted by Crippen LogP contribution is -2.49. The van der Waals surface area contributed by atoms with E-state index in [-0.39, 0.29) is 10.9 Å². The molecule has 1 N–H and O–H groups in total. The van der Waals surface area contributed by atoms with Gasteiger partial charge in [-0.2, -0.15) is 0 Å². The van der Waals surface area contributed by atoms with Gasteiger partial charge in [0.25, 0.3) is 11.8 Å². The number of rotatable bonds is 7. The summed E-state index contributed by atoms with van der Waals surface area (Å²) in [6, 6.07) is 4.64. The number of amides is 2. The average Bonchev–Trinajstić information content (AvgIpc) is 3.16. The molecule has 156 valence electrons. The van der Waals surface area contributed by atoms with Crippen molar-refractivity contribution in [1.82, 2.24) is 14.8 Å². The van der Waals surface area contributed by atoms with Crippen molar-refractivity contribution in [2.45, 2.75) is 6.92 Å². The Hall–Kier alpha value is -1.71. The number of carbonyl (C=O) groups excluding carboxylic acids is 2. The molecule has 1 aromatic heterocycles. The van der Waals surface area contributed by atoms with Crippen LogP contribution in [0.3, 0.4) is 0 Å². The quantitative estimate of drug-likeness (QED) is 0.645. The van der Waals surface area contributed by atoms with Gasteiger partial charge in [0.2, 0.25) is 0 Å². The molecule has 2 amide bonds. The van der Waals surface area contributed by atoms with Crippen LogP contribution in [0.4, 0.5) is 5.13 Å². The van der Waals surface area contributed by atoms with Crippen LogP contribution in [0, 0.1) is 0 Å². The standard InChI is InChI=1S/C19H22Cl2N4O3S/c1-2-28-10-9-24-5-7-25(8-6-24)18(27)16-12-29-19(22-16)23-17(26)14-4-3-13(20)11-15(14)21/h3-4,11-12H,2,5-10H2,1H3,(H,22,23,26). The van der Waals surface area contributed by atoms with E-state index in [0.717, 1.165) is 19.6 Å². The monoisotopic (exact) mass is 456 g/mol. The van der Waals surface area contributed by atoms with Gasteiger partial charge in [-0.25, -0.2) is 4.98 Å². The summed E-state index contributed by atoms with van der Waals surface area (Å²) in [6.07, 6.45) is 0. The number of piperazine rings is 1. The highest BCUT2D eigenvalue weighted by molar-refractivity contribution is 7.14. The highest BCUT2D eigenvalue weighted by Gasteiger charge is 2.24. The lowest BCUT2D eigenvalue weighted by Gasteiger charge is -2.34. The fourth-order valence-electron chi connectivity index (χ4n) is 2.94. The second-order valence-corrected chi connectivity index (χ2v) is 8.15. The third-order valence-corrected chi connectivity index (χ3v) is 5.84. The van der Waals surface area contributed by atoms with E-state index in [1.807, 2.05) is 6.92 Å². The maximum absolute atomic E-state index is 12.7. The normalized spacial score (nSPS) is 14.8. The van der Waals surface area contributed by atoms with Gasteiger partial charge < -0.3 is 9.64 Å². The van der Waals surface area contributed by atoms with Crippen LogP contribution in [0.2, 0.25) is 10.0 Å². The Morgan fingerprint density at radius 2 is 2.00 bits per heavy atom. The smallest absolute Gasteiger partial charge is 0.273 e.